The maximum Gasteiger partial charge on any atom is 0.0779 e. The Labute approximate surface area is 111 Å². The normalized spacial score (nSPS) is 25.3. The molecular weight excluding hydrogens is 222 g/mol. The summed E-state index contributed by atoms with van der Waals surface area (Å²) in [5.74, 6) is 0. The van der Waals surface area contributed by atoms with E-state index in [9.17, 15) is 0 Å². The van der Waals surface area contributed by atoms with E-state index in [0.717, 1.165) is 13.2 Å². The average molecular weight is 247 g/mol. The molecule has 18 heavy (non-hydrogen) atoms. The fourth-order valence-electron chi connectivity index (χ4n) is 2.68. The largest absolute Gasteiger partial charge is 0.374 e. The summed E-state index contributed by atoms with van der Waals surface area (Å²) in [6.07, 6.45) is 2.36. The van der Waals surface area contributed by atoms with Gasteiger partial charge in [-0.1, -0.05) is 23.8 Å². The number of benzene rings is 1. The lowest BCUT2D eigenvalue weighted by molar-refractivity contribution is 0.0191. The molecule has 1 aromatic carbocycles. The zero-order chi connectivity index (χ0) is 13.2. The highest BCUT2D eigenvalue weighted by Gasteiger charge is 2.29. The van der Waals surface area contributed by atoms with Crippen LogP contribution < -0.4 is 5.32 Å². The molecule has 2 nitrogen and oxygen atoms in total. The maximum absolute atomic E-state index is 5.82. The van der Waals surface area contributed by atoms with E-state index in [-0.39, 0.29) is 5.60 Å². The Morgan fingerprint density at radius 3 is 2.83 bits per heavy atom. The van der Waals surface area contributed by atoms with Crippen LogP contribution in [0.2, 0.25) is 0 Å². The molecule has 0 amide bonds. The van der Waals surface area contributed by atoms with Gasteiger partial charge in [0.25, 0.3) is 0 Å². The van der Waals surface area contributed by atoms with Crippen molar-refractivity contribution in [1.82, 2.24) is 5.32 Å². The molecule has 1 aliphatic rings. The molecule has 0 aliphatic carbocycles. The highest BCUT2D eigenvalue weighted by molar-refractivity contribution is 5.32. The van der Waals surface area contributed by atoms with E-state index in [4.69, 9.17) is 4.74 Å². The van der Waals surface area contributed by atoms with Crippen molar-refractivity contribution in [1.29, 1.82) is 0 Å². The van der Waals surface area contributed by atoms with Crippen molar-refractivity contribution in [3.63, 3.8) is 0 Å². The first-order valence-electron chi connectivity index (χ1n) is 6.95. The predicted octanol–water partition coefficient (Wildman–Crippen LogP) is 3.52. The fourth-order valence-corrected chi connectivity index (χ4v) is 2.68. The van der Waals surface area contributed by atoms with Crippen LogP contribution in [0.15, 0.2) is 18.2 Å². The lowest BCUT2D eigenvalue weighted by Gasteiger charge is -2.26. The molecule has 1 aliphatic heterocycles. The molecule has 1 heterocycles. The summed E-state index contributed by atoms with van der Waals surface area (Å²) >= 11 is 0. The number of aryl methyl sites for hydroxylation is 2. The van der Waals surface area contributed by atoms with E-state index in [0.29, 0.717) is 6.04 Å². The average Bonchev–Trinajstić information content (AvgIpc) is 2.77. The highest BCUT2D eigenvalue weighted by atomic mass is 16.5. The van der Waals surface area contributed by atoms with E-state index in [1.54, 1.807) is 0 Å². The van der Waals surface area contributed by atoms with Gasteiger partial charge >= 0.3 is 0 Å². The second-order valence-corrected chi connectivity index (χ2v) is 5.86. The van der Waals surface area contributed by atoms with Crippen LogP contribution in [0, 0.1) is 13.8 Å². The van der Waals surface area contributed by atoms with Crippen molar-refractivity contribution >= 4 is 0 Å². The van der Waals surface area contributed by atoms with Crippen LogP contribution in [0.1, 0.15) is 49.4 Å². The van der Waals surface area contributed by atoms with E-state index >= 15 is 0 Å². The highest BCUT2D eigenvalue weighted by Crippen LogP contribution is 2.26. The van der Waals surface area contributed by atoms with Crippen LogP contribution in [0.5, 0.6) is 0 Å². The lowest BCUT2D eigenvalue weighted by Crippen LogP contribution is -2.38. The molecule has 2 atom stereocenters. The number of hydrogen-bond donors (Lipinski definition) is 1. The van der Waals surface area contributed by atoms with Crippen molar-refractivity contribution in [2.45, 2.75) is 52.2 Å². The summed E-state index contributed by atoms with van der Waals surface area (Å²) < 4.78 is 5.82. The van der Waals surface area contributed by atoms with E-state index in [1.165, 1.54) is 29.5 Å². The quantitative estimate of drug-likeness (QED) is 0.879. The molecule has 2 heteroatoms. The Bertz CT molecular complexity index is 408. The fraction of sp³-hybridized carbons (Fsp3) is 0.625. The summed E-state index contributed by atoms with van der Waals surface area (Å²) in [5.41, 5.74) is 4.12. The minimum absolute atomic E-state index is 0.0337. The minimum Gasteiger partial charge on any atom is -0.374 e. The zero-order valence-corrected chi connectivity index (χ0v) is 12.0. The van der Waals surface area contributed by atoms with Crippen LogP contribution >= 0.6 is 0 Å². The second kappa shape index (κ2) is 5.41. The van der Waals surface area contributed by atoms with Crippen LogP contribution in [0.3, 0.4) is 0 Å². The third kappa shape index (κ3) is 3.12. The number of ether oxygens (including phenoxy) is 1. The summed E-state index contributed by atoms with van der Waals surface area (Å²) in [5, 5.41) is 3.62. The summed E-state index contributed by atoms with van der Waals surface area (Å²) in [6.45, 7) is 10.6. The third-order valence-corrected chi connectivity index (χ3v) is 3.98. The lowest BCUT2D eigenvalue weighted by atomic mass is 9.98. The first kappa shape index (κ1) is 13.6. The van der Waals surface area contributed by atoms with Gasteiger partial charge in [0.05, 0.1) is 5.60 Å². The molecular formula is C16H25NO. The molecule has 1 aromatic rings. The molecule has 100 valence electrons. The number of nitrogens with one attached hydrogen (secondary N) is 1. The summed E-state index contributed by atoms with van der Waals surface area (Å²) in [4.78, 5) is 0. The molecule has 1 saturated heterocycles. The Hall–Kier alpha value is -0.860. The van der Waals surface area contributed by atoms with Crippen LogP contribution in [0.4, 0.5) is 0 Å². The standard InChI is InChI=1S/C16H25NO/c1-12-6-7-13(2)15(10-12)14(3)17-11-16(4)8-5-9-18-16/h6-7,10,14,17H,5,8-9,11H2,1-4H3. The molecule has 0 spiro atoms. The molecule has 1 fully saturated rings. The van der Waals surface area contributed by atoms with Crippen LogP contribution in [-0.4, -0.2) is 18.8 Å². The summed E-state index contributed by atoms with van der Waals surface area (Å²) in [6, 6.07) is 7.04. The first-order valence-corrected chi connectivity index (χ1v) is 6.95. The number of hydrogen-bond acceptors (Lipinski definition) is 2. The number of rotatable bonds is 4. The first-order chi connectivity index (χ1) is 8.50. The molecule has 2 unspecified atom stereocenters. The van der Waals surface area contributed by atoms with Crippen LogP contribution in [0.25, 0.3) is 0 Å². The maximum atomic E-state index is 5.82. The van der Waals surface area contributed by atoms with Gasteiger partial charge in [-0.15, -0.1) is 0 Å². The van der Waals surface area contributed by atoms with E-state index in [2.05, 4.69) is 51.2 Å². The molecule has 0 saturated carbocycles. The van der Waals surface area contributed by atoms with Crippen molar-refractivity contribution in [2.24, 2.45) is 0 Å². The molecule has 0 aromatic heterocycles. The Morgan fingerprint density at radius 1 is 1.39 bits per heavy atom. The monoisotopic (exact) mass is 247 g/mol. The topological polar surface area (TPSA) is 21.3 Å². The van der Waals surface area contributed by atoms with Crippen molar-refractivity contribution in [2.75, 3.05) is 13.2 Å². The van der Waals surface area contributed by atoms with Crippen molar-refractivity contribution < 1.29 is 4.74 Å². The van der Waals surface area contributed by atoms with E-state index < -0.39 is 0 Å². The van der Waals surface area contributed by atoms with Gasteiger partial charge in [0.15, 0.2) is 0 Å². The molecule has 0 bridgehead atoms. The summed E-state index contributed by atoms with van der Waals surface area (Å²) in [7, 11) is 0. The van der Waals surface area contributed by atoms with Crippen molar-refractivity contribution in [3.05, 3.63) is 34.9 Å². The van der Waals surface area contributed by atoms with Gasteiger partial charge < -0.3 is 10.1 Å². The van der Waals surface area contributed by atoms with Gasteiger partial charge in [0, 0.05) is 19.2 Å². The molecule has 2 rings (SSSR count). The molecule has 0 radical (unpaired) electrons. The minimum atomic E-state index is 0.0337. The predicted molar refractivity (Wildman–Crippen MR) is 75.9 cm³/mol. The zero-order valence-electron chi connectivity index (χ0n) is 12.0. The smallest absolute Gasteiger partial charge is 0.0779 e. The SMILES string of the molecule is Cc1ccc(C)c(C(C)NCC2(C)CCCO2)c1. The van der Waals surface area contributed by atoms with Gasteiger partial charge in [-0.2, -0.15) is 0 Å². The van der Waals surface area contributed by atoms with Gasteiger partial charge in [0.2, 0.25) is 0 Å². The van der Waals surface area contributed by atoms with Crippen molar-refractivity contribution in [3.8, 4) is 0 Å². The van der Waals surface area contributed by atoms with Gasteiger partial charge in [-0.25, -0.2) is 0 Å². The van der Waals surface area contributed by atoms with Gasteiger partial charge in [0.1, 0.15) is 0 Å². The van der Waals surface area contributed by atoms with E-state index in [1.807, 2.05) is 0 Å². The Balaban J connectivity index is 1.99. The van der Waals surface area contributed by atoms with Gasteiger partial charge in [-0.3, -0.25) is 0 Å². The van der Waals surface area contributed by atoms with Crippen LogP contribution in [-0.2, 0) is 4.74 Å². The van der Waals surface area contributed by atoms with Gasteiger partial charge in [-0.05, 0) is 51.7 Å². The Morgan fingerprint density at radius 2 is 2.17 bits per heavy atom. The Kier molecular flexibility index (Phi) is 4.08. The molecule has 1 N–H and O–H groups in total. The third-order valence-electron chi connectivity index (χ3n) is 3.98. The second-order valence-electron chi connectivity index (χ2n) is 5.86.